The maximum absolute atomic E-state index is 11.9. The molecule has 2 heterocycles. The molecular weight excluding hydrogens is 440 g/mol. The fraction of sp³-hybridized carbons (Fsp3) is 0. The molecule has 0 unspecified atom stereocenters. The predicted octanol–water partition coefficient (Wildman–Crippen LogP) is 6.26. The number of ether oxygens (including phenoxy) is 2. The lowest BCUT2D eigenvalue weighted by molar-refractivity contribution is -0.129. The van der Waals surface area contributed by atoms with E-state index >= 15 is 0 Å². The summed E-state index contributed by atoms with van der Waals surface area (Å²) >= 11 is 1.53. The van der Waals surface area contributed by atoms with Gasteiger partial charge in [-0.3, -0.25) is 0 Å². The monoisotopic (exact) mass is 458 g/mol. The summed E-state index contributed by atoms with van der Waals surface area (Å²) in [7, 11) is 0. The smallest absolute Gasteiger partial charge is 0.336 e. The van der Waals surface area contributed by atoms with Crippen LogP contribution in [0.25, 0.3) is 12.2 Å². The average Bonchev–Trinajstić information content (AvgIpc) is 3.53. The topological polar surface area (TPSA) is 78.9 Å². The zero-order valence-corrected chi connectivity index (χ0v) is 18.1. The van der Waals surface area contributed by atoms with Gasteiger partial charge >= 0.3 is 11.9 Å². The van der Waals surface area contributed by atoms with E-state index < -0.39 is 11.9 Å². The molecular formula is C26H18O6S. The molecule has 7 heteroatoms. The van der Waals surface area contributed by atoms with Crippen molar-refractivity contribution in [1.82, 2.24) is 0 Å². The largest absolute Gasteiger partial charge is 0.465 e. The van der Waals surface area contributed by atoms with Crippen LogP contribution in [-0.4, -0.2) is 11.9 Å². The number of rotatable bonds is 8. The van der Waals surface area contributed by atoms with Gasteiger partial charge in [-0.25, -0.2) is 9.59 Å². The number of hydrogen-bond acceptors (Lipinski definition) is 7. The molecule has 0 aliphatic carbocycles. The van der Waals surface area contributed by atoms with Crippen LogP contribution < -0.4 is 9.47 Å². The van der Waals surface area contributed by atoms with Gasteiger partial charge in [-0.2, -0.15) is 0 Å². The second-order valence-electron chi connectivity index (χ2n) is 6.58. The fourth-order valence-electron chi connectivity index (χ4n) is 2.66. The zero-order chi connectivity index (χ0) is 22.9. The Morgan fingerprint density at radius 3 is 1.42 bits per heavy atom. The molecule has 4 aromatic rings. The highest BCUT2D eigenvalue weighted by Gasteiger charge is 2.05. The standard InChI is InChI=1S/C26H18O6S/c27-25(15-9-19-3-1-17-29-19)31-21-5-11-23(12-6-21)33-24-13-7-22(8-14-24)32-26(28)16-10-20-4-2-18-30-20/h1-18H. The fourth-order valence-corrected chi connectivity index (χ4v) is 3.48. The van der Waals surface area contributed by atoms with E-state index in [-0.39, 0.29) is 0 Å². The van der Waals surface area contributed by atoms with E-state index in [1.165, 1.54) is 36.4 Å². The van der Waals surface area contributed by atoms with Gasteiger partial charge in [0.25, 0.3) is 0 Å². The number of furan rings is 2. The zero-order valence-electron chi connectivity index (χ0n) is 17.3. The van der Waals surface area contributed by atoms with Crippen molar-refractivity contribution in [3.63, 3.8) is 0 Å². The van der Waals surface area contributed by atoms with Crippen molar-refractivity contribution in [3.8, 4) is 11.5 Å². The molecule has 0 spiro atoms. The van der Waals surface area contributed by atoms with Gasteiger partial charge in [0.2, 0.25) is 0 Å². The first-order chi connectivity index (χ1) is 16.1. The van der Waals surface area contributed by atoms with Crippen molar-refractivity contribution in [1.29, 1.82) is 0 Å². The molecule has 164 valence electrons. The highest BCUT2D eigenvalue weighted by molar-refractivity contribution is 7.99. The Morgan fingerprint density at radius 2 is 1.06 bits per heavy atom. The van der Waals surface area contributed by atoms with Crippen molar-refractivity contribution in [2.24, 2.45) is 0 Å². The van der Waals surface area contributed by atoms with Gasteiger partial charge in [-0.1, -0.05) is 11.8 Å². The molecule has 0 saturated carbocycles. The van der Waals surface area contributed by atoms with Gasteiger partial charge in [0.05, 0.1) is 12.5 Å². The Hall–Kier alpha value is -4.23. The van der Waals surface area contributed by atoms with Crippen molar-refractivity contribution >= 4 is 35.9 Å². The highest BCUT2D eigenvalue weighted by atomic mass is 32.2. The van der Waals surface area contributed by atoms with Crippen LogP contribution in [0.4, 0.5) is 0 Å². The van der Waals surface area contributed by atoms with E-state index in [0.29, 0.717) is 23.0 Å². The summed E-state index contributed by atoms with van der Waals surface area (Å²) in [5.74, 6) is 1.05. The van der Waals surface area contributed by atoms with Gasteiger partial charge in [-0.15, -0.1) is 0 Å². The van der Waals surface area contributed by atoms with Gasteiger partial charge in [0.1, 0.15) is 23.0 Å². The lowest BCUT2D eigenvalue weighted by atomic mass is 10.3. The van der Waals surface area contributed by atoms with Gasteiger partial charge < -0.3 is 18.3 Å². The summed E-state index contributed by atoms with van der Waals surface area (Å²) in [5.41, 5.74) is 0. The summed E-state index contributed by atoms with van der Waals surface area (Å²) in [4.78, 5) is 25.7. The second kappa shape index (κ2) is 10.9. The molecule has 0 atom stereocenters. The van der Waals surface area contributed by atoms with E-state index in [2.05, 4.69) is 0 Å². The molecule has 0 amide bonds. The average molecular weight is 458 g/mol. The summed E-state index contributed by atoms with van der Waals surface area (Å²) in [6.07, 6.45) is 8.77. The molecule has 0 bridgehead atoms. The molecule has 2 aromatic heterocycles. The van der Waals surface area contributed by atoms with Gasteiger partial charge in [-0.05, 0) is 84.9 Å². The Bertz CT molecular complexity index is 1140. The van der Waals surface area contributed by atoms with E-state index in [4.69, 9.17) is 18.3 Å². The third-order valence-corrected chi connectivity index (χ3v) is 5.19. The molecule has 0 N–H and O–H groups in total. The van der Waals surface area contributed by atoms with E-state index in [1.54, 1.807) is 60.7 Å². The Morgan fingerprint density at radius 1 is 0.636 bits per heavy atom. The number of carbonyl (C=O) groups is 2. The number of carbonyl (C=O) groups excluding carboxylic acids is 2. The van der Waals surface area contributed by atoms with Crippen LogP contribution in [0.3, 0.4) is 0 Å². The number of esters is 2. The molecule has 6 nitrogen and oxygen atoms in total. The molecule has 4 rings (SSSR count). The van der Waals surface area contributed by atoms with Crippen LogP contribution in [0.2, 0.25) is 0 Å². The van der Waals surface area contributed by atoms with Crippen LogP contribution in [0, 0.1) is 0 Å². The summed E-state index contributed by atoms with van der Waals surface area (Å²) in [6, 6.07) is 21.3. The number of hydrogen-bond donors (Lipinski definition) is 0. The van der Waals surface area contributed by atoms with Crippen molar-refractivity contribution in [2.45, 2.75) is 9.79 Å². The number of benzene rings is 2. The van der Waals surface area contributed by atoms with Crippen molar-refractivity contribution in [3.05, 3.63) is 109 Å². The minimum atomic E-state index is -0.490. The molecule has 0 aliphatic heterocycles. The van der Waals surface area contributed by atoms with E-state index in [0.717, 1.165) is 9.79 Å². The summed E-state index contributed by atoms with van der Waals surface area (Å²) in [5, 5.41) is 0. The lowest BCUT2D eigenvalue weighted by Crippen LogP contribution is -2.03. The van der Waals surface area contributed by atoms with Crippen LogP contribution in [0.5, 0.6) is 11.5 Å². The predicted molar refractivity (Wildman–Crippen MR) is 124 cm³/mol. The molecule has 0 radical (unpaired) electrons. The van der Waals surface area contributed by atoms with E-state index in [1.807, 2.05) is 24.3 Å². The molecule has 0 aliphatic rings. The highest BCUT2D eigenvalue weighted by Crippen LogP contribution is 2.30. The van der Waals surface area contributed by atoms with Crippen LogP contribution in [0.1, 0.15) is 11.5 Å². The van der Waals surface area contributed by atoms with Gasteiger partial charge in [0.15, 0.2) is 0 Å². The Labute approximate surface area is 194 Å². The minimum absolute atomic E-state index is 0.443. The van der Waals surface area contributed by atoms with Gasteiger partial charge in [0, 0.05) is 21.9 Å². The van der Waals surface area contributed by atoms with E-state index in [9.17, 15) is 9.59 Å². The Kier molecular flexibility index (Phi) is 7.25. The SMILES string of the molecule is O=C(C=Cc1ccco1)Oc1ccc(Sc2ccc(OC(=O)C=Cc3ccco3)cc2)cc1. The van der Waals surface area contributed by atoms with Crippen LogP contribution in [-0.2, 0) is 9.59 Å². The molecule has 33 heavy (non-hydrogen) atoms. The summed E-state index contributed by atoms with van der Waals surface area (Å²) in [6.45, 7) is 0. The normalized spacial score (nSPS) is 11.2. The van der Waals surface area contributed by atoms with Crippen molar-refractivity contribution < 1.29 is 27.9 Å². The molecule has 2 aromatic carbocycles. The first-order valence-electron chi connectivity index (χ1n) is 9.89. The molecule has 0 saturated heterocycles. The van der Waals surface area contributed by atoms with Crippen LogP contribution >= 0.6 is 11.8 Å². The Balaban J connectivity index is 1.27. The minimum Gasteiger partial charge on any atom is -0.465 e. The third kappa shape index (κ3) is 6.88. The first-order valence-corrected chi connectivity index (χ1v) is 10.7. The first kappa shape index (κ1) is 22.0. The maximum Gasteiger partial charge on any atom is 0.336 e. The third-order valence-electron chi connectivity index (χ3n) is 4.17. The lowest BCUT2D eigenvalue weighted by Gasteiger charge is -2.06. The second-order valence-corrected chi connectivity index (χ2v) is 7.73. The maximum atomic E-state index is 11.9. The quantitative estimate of drug-likeness (QED) is 0.175. The van der Waals surface area contributed by atoms with Crippen LogP contribution in [0.15, 0.2) is 116 Å². The summed E-state index contributed by atoms with van der Waals surface area (Å²) < 4.78 is 20.8. The molecule has 0 fully saturated rings. The van der Waals surface area contributed by atoms with Crippen molar-refractivity contribution in [2.75, 3.05) is 0 Å².